The Kier molecular flexibility index (Phi) is 2.91. The summed E-state index contributed by atoms with van der Waals surface area (Å²) in [5, 5.41) is 3.75. The smallest absolute Gasteiger partial charge is 0.213 e. The number of aromatic nitrogens is 2. The predicted molar refractivity (Wildman–Crippen MR) is 59.5 cm³/mol. The Bertz CT molecular complexity index is 442. The molecule has 1 aromatic heterocycles. The third-order valence-electron chi connectivity index (χ3n) is 2.09. The maximum absolute atomic E-state index is 5.81. The fraction of sp³-hybridized carbons (Fsp3) is 0.200. The Labute approximate surface area is 91.9 Å². The molecule has 0 unspecified atom stereocenters. The van der Waals surface area contributed by atoms with Crippen molar-refractivity contribution in [1.29, 1.82) is 0 Å². The van der Waals surface area contributed by atoms with Gasteiger partial charge in [-0.05, 0) is 24.6 Å². The molecule has 0 saturated heterocycles. The second kappa shape index (κ2) is 4.35. The summed E-state index contributed by atoms with van der Waals surface area (Å²) >= 11 is 1.65. The van der Waals surface area contributed by atoms with E-state index in [-0.39, 0.29) is 0 Å². The molecule has 0 spiro atoms. The summed E-state index contributed by atoms with van der Waals surface area (Å²) in [5.74, 6) is 1.39. The zero-order chi connectivity index (χ0) is 10.7. The second-order valence-corrected chi connectivity index (χ2v) is 4.12. The van der Waals surface area contributed by atoms with E-state index in [4.69, 9.17) is 5.73 Å². The van der Waals surface area contributed by atoms with Gasteiger partial charge in [-0.2, -0.15) is 4.98 Å². The average molecular weight is 221 g/mol. The van der Waals surface area contributed by atoms with Gasteiger partial charge in [-0.3, -0.25) is 0 Å². The van der Waals surface area contributed by atoms with Crippen molar-refractivity contribution in [3.8, 4) is 0 Å². The normalized spacial score (nSPS) is 10.5. The lowest BCUT2D eigenvalue weighted by molar-refractivity contribution is 0.412. The van der Waals surface area contributed by atoms with E-state index in [1.165, 1.54) is 6.39 Å². The van der Waals surface area contributed by atoms with Gasteiger partial charge in [-0.1, -0.05) is 11.2 Å². The molecule has 2 aromatic rings. The second-order valence-electron chi connectivity index (χ2n) is 3.11. The van der Waals surface area contributed by atoms with Crippen molar-refractivity contribution >= 4 is 17.4 Å². The molecule has 0 fully saturated rings. The Hall–Kier alpha value is -1.49. The third kappa shape index (κ3) is 2.30. The van der Waals surface area contributed by atoms with Gasteiger partial charge in [0.25, 0.3) is 0 Å². The standard InChI is InChI=1S/C10H11N3OS/c1-7-8(11)3-2-4-9(7)15-5-10-12-6-14-13-10/h2-4,6H,5,11H2,1H3. The Morgan fingerprint density at radius 1 is 1.47 bits per heavy atom. The van der Waals surface area contributed by atoms with Crippen LogP contribution in [0.15, 0.2) is 34.0 Å². The number of benzene rings is 1. The minimum absolute atomic E-state index is 0.695. The molecule has 0 aliphatic rings. The van der Waals surface area contributed by atoms with Crippen LogP contribution in [-0.4, -0.2) is 10.1 Å². The molecule has 0 aliphatic heterocycles. The first-order valence-electron chi connectivity index (χ1n) is 4.50. The first kappa shape index (κ1) is 10.0. The van der Waals surface area contributed by atoms with Crippen LogP contribution in [0.3, 0.4) is 0 Å². The van der Waals surface area contributed by atoms with Crippen molar-refractivity contribution in [3.63, 3.8) is 0 Å². The van der Waals surface area contributed by atoms with E-state index in [0.717, 1.165) is 16.1 Å². The molecule has 2 rings (SSSR count). The molecule has 2 N–H and O–H groups in total. The lowest BCUT2D eigenvalue weighted by Gasteiger charge is -2.05. The number of thioether (sulfide) groups is 1. The topological polar surface area (TPSA) is 64.9 Å². The number of rotatable bonds is 3. The van der Waals surface area contributed by atoms with Crippen LogP contribution in [0.2, 0.25) is 0 Å². The minimum Gasteiger partial charge on any atom is -0.398 e. The largest absolute Gasteiger partial charge is 0.398 e. The summed E-state index contributed by atoms with van der Waals surface area (Å²) in [6.07, 6.45) is 1.34. The SMILES string of the molecule is Cc1c(N)cccc1SCc1ncon1. The molecule has 0 bridgehead atoms. The van der Waals surface area contributed by atoms with Crippen molar-refractivity contribution in [1.82, 2.24) is 10.1 Å². The van der Waals surface area contributed by atoms with E-state index in [0.29, 0.717) is 11.6 Å². The number of nitrogens with zero attached hydrogens (tertiary/aromatic N) is 2. The van der Waals surface area contributed by atoms with Crippen molar-refractivity contribution in [3.05, 3.63) is 36.0 Å². The summed E-state index contributed by atoms with van der Waals surface area (Å²) in [5.41, 5.74) is 7.72. The fourth-order valence-electron chi connectivity index (χ4n) is 1.19. The molecule has 5 heteroatoms. The highest BCUT2D eigenvalue weighted by Crippen LogP contribution is 2.27. The summed E-state index contributed by atoms with van der Waals surface area (Å²) in [6, 6.07) is 5.88. The molecule has 0 atom stereocenters. The van der Waals surface area contributed by atoms with Gasteiger partial charge in [-0.15, -0.1) is 11.8 Å². The van der Waals surface area contributed by atoms with Crippen LogP contribution < -0.4 is 5.73 Å². The number of anilines is 1. The first-order chi connectivity index (χ1) is 7.27. The molecule has 0 amide bonds. The average Bonchev–Trinajstić information content (AvgIpc) is 2.73. The van der Waals surface area contributed by atoms with Gasteiger partial charge in [0, 0.05) is 10.6 Å². The van der Waals surface area contributed by atoms with E-state index in [1.54, 1.807) is 11.8 Å². The van der Waals surface area contributed by atoms with Gasteiger partial charge in [0.05, 0.1) is 5.75 Å². The van der Waals surface area contributed by atoms with E-state index in [1.807, 2.05) is 25.1 Å². The third-order valence-corrected chi connectivity index (χ3v) is 3.25. The van der Waals surface area contributed by atoms with Gasteiger partial charge in [0.15, 0.2) is 5.82 Å². The summed E-state index contributed by atoms with van der Waals surface area (Å²) in [7, 11) is 0. The number of nitrogen functional groups attached to an aromatic ring is 1. The molecule has 4 nitrogen and oxygen atoms in total. The Morgan fingerprint density at radius 2 is 2.33 bits per heavy atom. The monoisotopic (exact) mass is 221 g/mol. The van der Waals surface area contributed by atoms with Crippen LogP contribution in [0.1, 0.15) is 11.4 Å². The van der Waals surface area contributed by atoms with E-state index in [9.17, 15) is 0 Å². The number of nitrogens with two attached hydrogens (primary N) is 1. The van der Waals surface area contributed by atoms with Crippen molar-refractivity contribution < 1.29 is 4.52 Å². The molecule has 0 aliphatic carbocycles. The highest BCUT2D eigenvalue weighted by atomic mass is 32.2. The van der Waals surface area contributed by atoms with Crippen LogP contribution in [0, 0.1) is 6.92 Å². The molecule has 0 saturated carbocycles. The fourth-order valence-corrected chi connectivity index (χ4v) is 2.11. The maximum atomic E-state index is 5.81. The molecule has 15 heavy (non-hydrogen) atoms. The van der Waals surface area contributed by atoms with Gasteiger partial charge in [0.1, 0.15) is 0 Å². The van der Waals surface area contributed by atoms with Crippen molar-refractivity contribution in [2.75, 3.05) is 5.73 Å². The van der Waals surface area contributed by atoms with Crippen molar-refractivity contribution in [2.24, 2.45) is 0 Å². The lowest BCUT2D eigenvalue weighted by Crippen LogP contribution is -1.91. The van der Waals surface area contributed by atoms with E-state index < -0.39 is 0 Å². The van der Waals surface area contributed by atoms with E-state index in [2.05, 4.69) is 14.7 Å². The highest BCUT2D eigenvalue weighted by molar-refractivity contribution is 7.98. The summed E-state index contributed by atoms with van der Waals surface area (Å²) in [6.45, 7) is 2.01. The quantitative estimate of drug-likeness (QED) is 0.636. The van der Waals surface area contributed by atoms with Crippen LogP contribution in [0.25, 0.3) is 0 Å². The molecule has 1 aromatic carbocycles. The molecule has 78 valence electrons. The van der Waals surface area contributed by atoms with Gasteiger partial charge in [0.2, 0.25) is 6.39 Å². The van der Waals surface area contributed by atoms with Gasteiger partial charge < -0.3 is 10.3 Å². The van der Waals surface area contributed by atoms with Crippen LogP contribution in [0.4, 0.5) is 5.69 Å². The first-order valence-corrected chi connectivity index (χ1v) is 5.49. The molecular weight excluding hydrogens is 210 g/mol. The van der Waals surface area contributed by atoms with Crippen LogP contribution in [-0.2, 0) is 5.75 Å². The number of hydrogen-bond acceptors (Lipinski definition) is 5. The Morgan fingerprint density at radius 3 is 3.07 bits per heavy atom. The van der Waals surface area contributed by atoms with Gasteiger partial charge >= 0.3 is 0 Å². The Balaban J connectivity index is 2.08. The summed E-state index contributed by atoms with van der Waals surface area (Å²) in [4.78, 5) is 5.11. The zero-order valence-corrected chi connectivity index (χ0v) is 9.12. The molecular formula is C10H11N3OS. The van der Waals surface area contributed by atoms with Crippen molar-refractivity contribution in [2.45, 2.75) is 17.6 Å². The number of hydrogen-bond donors (Lipinski definition) is 1. The van der Waals surface area contributed by atoms with Crippen LogP contribution in [0.5, 0.6) is 0 Å². The lowest BCUT2D eigenvalue weighted by atomic mass is 10.2. The minimum atomic E-state index is 0.695. The van der Waals surface area contributed by atoms with Crippen LogP contribution >= 0.6 is 11.8 Å². The predicted octanol–water partition coefficient (Wildman–Crippen LogP) is 2.25. The highest BCUT2D eigenvalue weighted by Gasteiger charge is 2.04. The molecule has 1 heterocycles. The zero-order valence-electron chi connectivity index (χ0n) is 8.30. The molecule has 0 radical (unpaired) electrons. The maximum Gasteiger partial charge on any atom is 0.213 e. The van der Waals surface area contributed by atoms with Gasteiger partial charge in [-0.25, -0.2) is 0 Å². The van der Waals surface area contributed by atoms with E-state index >= 15 is 0 Å². The summed E-state index contributed by atoms with van der Waals surface area (Å²) < 4.78 is 4.66.